The maximum atomic E-state index is 12.0. The predicted octanol–water partition coefficient (Wildman–Crippen LogP) is 0.121. The smallest absolute Gasteiger partial charge is 0.324 e. The van der Waals surface area contributed by atoms with Crippen LogP contribution < -0.4 is 10.6 Å². The topological polar surface area (TPSA) is 81.8 Å². The number of likely N-dealkylation sites (tertiary alicyclic amines) is 1. The summed E-state index contributed by atoms with van der Waals surface area (Å²) >= 11 is 0. The Morgan fingerprint density at radius 2 is 2.05 bits per heavy atom. The number of carbonyl (C=O) groups excluding carboxylic acids is 3. The van der Waals surface area contributed by atoms with Crippen LogP contribution in [0, 0.1) is 0 Å². The Morgan fingerprint density at radius 1 is 1.37 bits per heavy atom. The van der Waals surface area contributed by atoms with E-state index in [1.807, 2.05) is 20.8 Å². The van der Waals surface area contributed by atoms with Crippen molar-refractivity contribution in [1.82, 2.24) is 20.4 Å². The van der Waals surface area contributed by atoms with E-state index in [0.29, 0.717) is 19.5 Å². The second-order valence-electron chi connectivity index (χ2n) is 5.99. The summed E-state index contributed by atoms with van der Waals surface area (Å²) in [5.74, 6) is -0.215. The first-order valence-corrected chi connectivity index (χ1v) is 6.45. The lowest BCUT2D eigenvalue weighted by atomic mass is 10.1. The number of urea groups is 2. The van der Waals surface area contributed by atoms with Gasteiger partial charge in [-0.05, 0) is 27.2 Å². The lowest BCUT2D eigenvalue weighted by Crippen LogP contribution is -2.49. The molecule has 5 amide bonds. The van der Waals surface area contributed by atoms with E-state index in [4.69, 9.17) is 0 Å². The summed E-state index contributed by atoms with van der Waals surface area (Å²) in [4.78, 5) is 38.0. The molecule has 106 valence electrons. The second-order valence-corrected chi connectivity index (χ2v) is 5.99. The molecular weight excluding hydrogens is 248 g/mol. The number of nitrogens with zero attached hydrogens (tertiary/aromatic N) is 2. The molecule has 2 heterocycles. The Bertz CT molecular complexity index is 400. The highest BCUT2D eigenvalue weighted by Gasteiger charge is 2.39. The Labute approximate surface area is 112 Å². The van der Waals surface area contributed by atoms with E-state index in [1.165, 1.54) is 4.90 Å². The average molecular weight is 268 g/mol. The van der Waals surface area contributed by atoms with E-state index in [0.717, 1.165) is 0 Å². The van der Waals surface area contributed by atoms with Gasteiger partial charge in [-0.25, -0.2) is 9.59 Å². The maximum Gasteiger partial charge on any atom is 0.324 e. The van der Waals surface area contributed by atoms with Crippen LogP contribution in [0.4, 0.5) is 9.59 Å². The van der Waals surface area contributed by atoms with E-state index >= 15 is 0 Å². The van der Waals surface area contributed by atoms with Crippen LogP contribution in [-0.4, -0.2) is 59.0 Å². The second kappa shape index (κ2) is 4.71. The Balaban J connectivity index is 1.95. The molecule has 1 atom stereocenters. The van der Waals surface area contributed by atoms with Crippen molar-refractivity contribution in [3.63, 3.8) is 0 Å². The highest BCUT2D eigenvalue weighted by molar-refractivity contribution is 6.02. The first-order valence-electron chi connectivity index (χ1n) is 6.45. The average Bonchev–Trinajstić information content (AvgIpc) is 2.83. The maximum absolute atomic E-state index is 12.0. The molecule has 1 unspecified atom stereocenters. The van der Waals surface area contributed by atoms with E-state index < -0.39 is 0 Å². The molecule has 2 fully saturated rings. The minimum absolute atomic E-state index is 0.0590. The van der Waals surface area contributed by atoms with Crippen molar-refractivity contribution < 1.29 is 14.4 Å². The molecule has 7 nitrogen and oxygen atoms in total. The van der Waals surface area contributed by atoms with Gasteiger partial charge < -0.3 is 15.5 Å². The quantitative estimate of drug-likeness (QED) is 0.663. The van der Waals surface area contributed by atoms with E-state index in [-0.39, 0.29) is 36.1 Å². The summed E-state index contributed by atoms with van der Waals surface area (Å²) < 4.78 is 0. The lowest BCUT2D eigenvalue weighted by Gasteiger charge is -2.26. The third-order valence-corrected chi connectivity index (χ3v) is 3.18. The number of hydrogen-bond donors (Lipinski definition) is 2. The summed E-state index contributed by atoms with van der Waals surface area (Å²) in [5, 5.41) is 5.37. The molecule has 0 bridgehead atoms. The molecule has 0 aromatic heterocycles. The van der Waals surface area contributed by atoms with Crippen LogP contribution in [0.3, 0.4) is 0 Å². The predicted molar refractivity (Wildman–Crippen MR) is 68.5 cm³/mol. The van der Waals surface area contributed by atoms with Gasteiger partial charge in [-0.3, -0.25) is 9.69 Å². The zero-order valence-electron chi connectivity index (χ0n) is 11.5. The van der Waals surface area contributed by atoms with E-state index in [9.17, 15) is 14.4 Å². The van der Waals surface area contributed by atoms with Gasteiger partial charge in [0.05, 0.1) is 12.6 Å². The van der Waals surface area contributed by atoms with Crippen molar-refractivity contribution in [1.29, 1.82) is 0 Å². The molecule has 0 aromatic rings. The number of imide groups is 1. The molecule has 0 radical (unpaired) electrons. The van der Waals surface area contributed by atoms with Gasteiger partial charge in [-0.1, -0.05) is 0 Å². The molecule has 2 aliphatic heterocycles. The van der Waals surface area contributed by atoms with Crippen LogP contribution >= 0.6 is 0 Å². The summed E-state index contributed by atoms with van der Waals surface area (Å²) in [5.41, 5.74) is -0.296. The molecule has 0 aromatic carbocycles. The van der Waals surface area contributed by atoms with Gasteiger partial charge in [0.25, 0.3) is 0 Å². The Kier molecular flexibility index (Phi) is 3.38. The molecule has 2 saturated heterocycles. The van der Waals surface area contributed by atoms with Crippen molar-refractivity contribution in [3.05, 3.63) is 0 Å². The van der Waals surface area contributed by atoms with Gasteiger partial charge >= 0.3 is 12.1 Å². The summed E-state index contributed by atoms with van der Waals surface area (Å²) in [6, 6.07) is -0.712. The van der Waals surface area contributed by atoms with Crippen molar-refractivity contribution in [3.8, 4) is 0 Å². The van der Waals surface area contributed by atoms with Crippen LogP contribution in [0.25, 0.3) is 0 Å². The molecule has 0 saturated carbocycles. The lowest BCUT2D eigenvalue weighted by molar-refractivity contribution is -0.126. The van der Waals surface area contributed by atoms with Gasteiger partial charge in [-0.2, -0.15) is 0 Å². The van der Waals surface area contributed by atoms with Gasteiger partial charge in [-0.15, -0.1) is 0 Å². The third-order valence-electron chi connectivity index (χ3n) is 3.18. The molecule has 0 spiro atoms. The van der Waals surface area contributed by atoms with Gasteiger partial charge in [0.2, 0.25) is 5.91 Å². The first kappa shape index (κ1) is 13.6. The third kappa shape index (κ3) is 2.97. The summed E-state index contributed by atoms with van der Waals surface area (Å²) in [6.07, 6.45) is 0.636. The minimum Gasteiger partial charge on any atom is -0.333 e. The zero-order valence-corrected chi connectivity index (χ0v) is 11.5. The van der Waals surface area contributed by atoms with Crippen LogP contribution in [0.5, 0.6) is 0 Å². The Morgan fingerprint density at radius 3 is 2.58 bits per heavy atom. The van der Waals surface area contributed by atoms with Crippen LogP contribution in [-0.2, 0) is 4.79 Å². The minimum atomic E-state index is -0.354. The molecule has 7 heteroatoms. The van der Waals surface area contributed by atoms with Crippen LogP contribution in [0.1, 0.15) is 27.2 Å². The summed E-state index contributed by atoms with van der Waals surface area (Å²) in [7, 11) is 0. The zero-order chi connectivity index (χ0) is 14.2. The van der Waals surface area contributed by atoms with Gasteiger partial charge in [0, 0.05) is 18.6 Å². The van der Waals surface area contributed by atoms with Gasteiger partial charge in [0.15, 0.2) is 0 Å². The SMILES string of the molecule is CC(C)(C)NC(=O)N1CCC(N2C(=O)CNC2=O)C1. The first-order chi connectivity index (χ1) is 8.78. The number of amides is 5. The molecule has 2 aliphatic rings. The fraction of sp³-hybridized carbons (Fsp3) is 0.750. The number of hydrogen-bond acceptors (Lipinski definition) is 3. The number of nitrogens with one attached hydrogen (secondary N) is 2. The highest BCUT2D eigenvalue weighted by Crippen LogP contribution is 2.18. The van der Waals surface area contributed by atoms with E-state index in [1.54, 1.807) is 4.90 Å². The van der Waals surface area contributed by atoms with Crippen molar-refractivity contribution >= 4 is 18.0 Å². The highest BCUT2D eigenvalue weighted by atomic mass is 16.2. The van der Waals surface area contributed by atoms with Crippen molar-refractivity contribution in [2.45, 2.75) is 38.8 Å². The standard InChI is InChI=1S/C12H20N4O3/c1-12(2,3)14-11(19)15-5-4-8(7-15)16-9(17)6-13-10(16)18/h8H,4-7H2,1-3H3,(H,13,18)(H,14,19). The van der Waals surface area contributed by atoms with Crippen LogP contribution in [0.15, 0.2) is 0 Å². The normalized spacial score (nSPS) is 23.8. The van der Waals surface area contributed by atoms with E-state index in [2.05, 4.69) is 10.6 Å². The molecule has 19 heavy (non-hydrogen) atoms. The molecule has 2 N–H and O–H groups in total. The fourth-order valence-corrected chi connectivity index (χ4v) is 2.34. The van der Waals surface area contributed by atoms with Crippen molar-refractivity contribution in [2.24, 2.45) is 0 Å². The summed E-state index contributed by atoms with van der Waals surface area (Å²) in [6.45, 7) is 6.76. The van der Waals surface area contributed by atoms with Gasteiger partial charge in [0.1, 0.15) is 0 Å². The largest absolute Gasteiger partial charge is 0.333 e. The fourth-order valence-electron chi connectivity index (χ4n) is 2.34. The molecular formula is C12H20N4O3. The van der Waals surface area contributed by atoms with Crippen LogP contribution in [0.2, 0.25) is 0 Å². The Hall–Kier alpha value is -1.79. The molecule has 0 aliphatic carbocycles. The molecule has 2 rings (SSSR count). The monoisotopic (exact) mass is 268 g/mol. The number of rotatable bonds is 1. The van der Waals surface area contributed by atoms with Crippen molar-refractivity contribution in [2.75, 3.05) is 19.6 Å². The number of carbonyl (C=O) groups is 3.